The molecular weight excluding hydrogens is 428 g/mol. The first-order chi connectivity index (χ1) is 14.1. The molecule has 0 spiro atoms. The quantitative estimate of drug-likeness (QED) is 0.614. The Morgan fingerprint density at radius 3 is 2.40 bits per heavy atom. The van der Waals surface area contributed by atoms with Crippen molar-refractivity contribution < 1.29 is 22.7 Å². The fourth-order valence-electron chi connectivity index (χ4n) is 2.78. The van der Waals surface area contributed by atoms with Crippen LogP contribution < -0.4 is 5.32 Å². The SMILES string of the molecule is CCN(CC)S(=O)(=O)c1cc(C(=O)OC(C)C(=O)Nc2cccc(C)c2)ccc1Cl. The highest BCUT2D eigenvalue weighted by Gasteiger charge is 2.27. The van der Waals surface area contributed by atoms with E-state index in [1.165, 1.54) is 29.4 Å². The number of hydrogen-bond acceptors (Lipinski definition) is 5. The predicted octanol–water partition coefficient (Wildman–Crippen LogP) is 3.86. The number of amides is 1. The number of carbonyl (C=O) groups excluding carboxylic acids is 2. The normalized spacial score (nSPS) is 12.5. The van der Waals surface area contributed by atoms with Gasteiger partial charge in [-0.3, -0.25) is 4.79 Å². The summed E-state index contributed by atoms with van der Waals surface area (Å²) in [5.41, 5.74) is 1.54. The first-order valence-corrected chi connectivity index (χ1v) is 11.3. The monoisotopic (exact) mass is 452 g/mol. The van der Waals surface area contributed by atoms with Crippen molar-refractivity contribution in [3.05, 3.63) is 58.6 Å². The lowest BCUT2D eigenvalue weighted by atomic mass is 10.2. The Morgan fingerprint density at radius 1 is 1.13 bits per heavy atom. The molecule has 0 heterocycles. The molecule has 0 aliphatic heterocycles. The van der Waals surface area contributed by atoms with E-state index in [0.717, 1.165) is 5.56 Å². The summed E-state index contributed by atoms with van der Waals surface area (Å²) in [6, 6.07) is 11.1. The number of anilines is 1. The summed E-state index contributed by atoms with van der Waals surface area (Å²) >= 11 is 6.08. The average molecular weight is 453 g/mol. The third-order valence-electron chi connectivity index (χ3n) is 4.43. The number of sulfonamides is 1. The summed E-state index contributed by atoms with van der Waals surface area (Å²) in [5.74, 6) is -1.33. The van der Waals surface area contributed by atoms with Crippen LogP contribution in [-0.2, 0) is 19.6 Å². The molecule has 7 nitrogen and oxygen atoms in total. The Kier molecular flexibility index (Phi) is 8.00. The zero-order valence-corrected chi connectivity index (χ0v) is 18.9. The van der Waals surface area contributed by atoms with Gasteiger partial charge in [0.2, 0.25) is 10.0 Å². The van der Waals surface area contributed by atoms with Gasteiger partial charge >= 0.3 is 5.97 Å². The molecule has 0 saturated carbocycles. The Labute approximate surface area is 182 Å². The second-order valence-corrected chi connectivity index (χ2v) is 8.95. The predicted molar refractivity (Wildman–Crippen MR) is 116 cm³/mol. The highest BCUT2D eigenvalue weighted by molar-refractivity contribution is 7.89. The molecule has 0 aromatic heterocycles. The lowest BCUT2D eigenvalue weighted by Gasteiger charge is -2.20. The number of halogens is 1. The third kappa shape index (κ3) is 5.59. The van der Waals surface area contributed by atoms with Crippen LogP contribution in [0.1, 0.15) is 36.7 Å². The van der Waals surface area contributed by atoms with Crippen molar-refractivity contribution in [3.63, 3.8) is 0 Å². The van der Waals surface area contributed by atoms with Crippen LogP contribution in [0.25, 0.3) is 0 Å². The maximum atomic E-state index is 12.8. The molecule has 2 aromatic rings. The number of benzene rings is 2. The lowest BCUT2D eigenvalue weighted by molar-refractivity contribution is -0.123. The van der Waals surface area contributed by atoms with Crippen molar-refractivity contribution in [2.24, 2.45) is 0 Å². The molecule has 30 heavy (non-hydrogen) atoms. The van der Waals surface area contributed by atoms with Crippen LogP contribution in [-0.4, -0.2) is 43.8 Å². The third-order valence-corrected chi connectivity index (χ3v) is 6.96. The van der Waals surface area contributed by atoms with Crippen LogP contribution in [0, 0.1) is 6.92 Å². The van der Waals surface area contributed by atoms with Crippen molar-refractivity contribution in [1.29, 1.82) is 0 Å². The summed E-state index contributed by atoms with van der Waals surface area (Å²) in [7, 11) is -3.86. The highest BCUT2D eigenvalue weighted by Crippen LogP contribution is 2.26. The second-order valence-electron chi connectivity index (χ2n) is 6.64. The van der Waals surface area contributed by atoms with Gasteiger partial charge in [-0.15, -0.1) is 0 Å². The minimum absolute atomic E-state index is 0.00342. The van der Waals surface area contributed by atoms with Crippen LogP contribution in [0.4, 0.5) is 5.69 Å². The largest absolute Gasteiger partial charge is 0.449 e. The molecule has 0 fully saturated rings. The number of nitrogens with one attached hydrogen (secondary N) is 1. The van der Waals surface area contributed by atoms with Crippen LogP contribution in [0.2, 0.25) is 5.02 Å². The summed E-state index contributed by atoms with van der Waals surface area (Å²) in [6.07, 6.45) is -1.09. The molecule has 0 aliphatic carbocycles. The molecule has 1 amide bonds. The van der Waals surface area contributed by atoms with E-state index < -0.39 is 28.0 Å². The van der Waals surface area contributed by atoms with Crippen molar-refractivity contribution in [2.45, 2.75) is 38.7 Å². The highest BCUT2D eigenvalue weighted by atomic mass is 35.5. The van der Waals surface area contributed by atoms with E-state index in [1.54, 1.807) is 32.0 Å². The number of ether oxygens (including phenoxy) is 1. The van der Waals surface area contributed by atoms with E-state index >= 15 is 0 Å². The van der Waals surface area contributed by atoms with Gasteiger partial charge in [-0.05, 0) is 49.7 Å². The first-order valence-electron chi connectivity index (χ1n) is 9.48. The summed E-state index contributed by atoms with van der Waals surface area (Å²) < 4.78 is 32.0. The van der Waals surface area contributed by atoms with Gasteiger partial charge in [0, 0.05) is 18.8 Å². The molecule has 0 saturated heterocycles. The number of hydrogen-bond donors (Lipinski definition) is 1. The standard InChI is InChI=1S/C21H25ClN2O5S/c1-5-24(6-2)30(27,28)19-13-16(10-11-18(19)22)21(26)29-15(4)20(25)23-17-9-7-8-14(3)12-17/h7-13,15H,5-6H2,1-4H3,(H,23,25). The maximum absolute atomic E-state index is 12.8. The fraction of sp³-hybridized carbons (Fsp3) is 0.333. The van der Waals surface area contributed by atoms with E-state index in [-0.39, 0.29) is 28.6 Å². The topological polar surface area (TPSA) is 92.8 Å². The molecule has 2 aromatic carbocycles. The first kappa shape index (κ1) is 23.9. The molecule has 1 unspecified atom stereocenters. The van der Waals surface area contributed by atoms with Crippen molar-refractivity contribution in [1.82, 2.24) is 4.31 Å². The van der Waals surface area contributed by atoms with Crippen LogP contribution >= 0.6 is 11.6 Å². The van der Waals surface area contributed by atoms with E-state index in [0.29, 0.717) is 5.69 Å². The van der Waals surface area contributed by atoms with E-state index in [4.69, 9.17) is 16.3 Å². The van der Waals surface area contributed by atoms with Gasteiger partial charge < -0.3 is 10.1 Å². The van der Waals surface area contributed by atoms with E-state index in [9.17, 15) is 18.0 Å². The number of carbonyl (C=O) groups is 2. The van der Waals surface area contributed by atoms with Gasteiger partial charge in [0.1, 0.15) is 4.90 Å². The Hall–Kier alpha value is -2.42. The van der Waals surface area contributed by atoms with Gasteiger partial charge in [-0.25, -0.2) is 13.2 Å². The fourth-order valence-corrected chi connectivity index (χ4v) is 4.74. The lowest BCUT2D eigenvalue weighted by Crippen LogP contribution is -2.31. The minimum atomic E-state index is -3.86. The molecule has 9 heteroatoms. The molecular formula is C21H25ClN2O5S. The van der Waals surface area contributed by atoms with E-state index in [1.807, 2.05) is 13.0 Å². The zero-order chi connectivity index (χ0) is 22.5. The van der Waals surface area contributed by atoms with Crippen molar-refractivity contribution in [3.8, 4) is 0 Å². The molecule has 1 N–H and O–H groups in total. The number of nitrogens with zero attached hydrogens (tertiary/aromatic N) is 1. The second kappa shape index (κ2) is 10.1. The van der Waals surface area contributed by atoms with Crippen LogP contribution in [0.3, 0.4) is 0 Å². The molecule has 0 radical (unpaired) electrons. The molecule has 162 valence electrons. The Balaban J connectivity index is 2.18. The maximum Gasteiger partial charge on any atom is 0.338 e. The average Bonchev–Trinajstić information content (AvgIpc) is 2.68. The van der Waals surface area contributed by atoms with Crippen molar-refractivity contribution >= 4 is 39.2 Å². The zero-order valence-electron chi connectivity index (χ0n) is 17.3. The van der Waals surface area contributed by atoms with Crippen LogP contribution in [0.15, 0.2) is 47.4 Å². The summed E-state index contributed by atoms with van der Waals surface area (Å²) in [6.45, 7) is 7.28. The van der Waals surface area contributed by atoms with Gasteiger partial charge in [0.05, 0.1) is 10.6 Å². The molecule has 1 atom stereocenters. The number of rotatable bonds is 8. The smallest absolute Gasteiger partial charge is 0.338 e. The number of aryl methyl sites for hydroxylation is 1. The summed E-state index contributed by atoms with van der Waals surface area (Å²) in [5, 5.41) is 2.68. The molecule has 0 bridgehead atoms. The number of esters is 1. The van der Waals surface area contributed by atoms with Crippen molar-refractivity contribution in [2.75, 3.05) is 18.4 Å². The minimum Gasteiger partial charge on any atom is -0.449 e. The Bertz CT molecular complexity index is 1040. The van der Waals surface area contributed by atoms with Crippen LogP contribution in [0.5, 0.6) is 0 Å². The van der Waals surface area contributed by atoms with Gasteiger partial charge in [0.25, 0.3) is 5.91 Å². The summed E-state index contributed by atoms with van der Waals surface area (Å²) in [4.78, 5) is 24.7. The van der Waals surface area contributed by atoms with Gasteiger partial charge in [0.15, 0.2) is 6.10 Å². The van der Waals surface area contributed by atoms with Gasteiger partial charge in [-0.2, -0.15) is 4.31 Å². The molecule has 2 rings (SSSR count). The Morgan fingerprint density at radius 2 is 1.80 bits per heavy atom. The van der Waals surface area contributed by atoms with E-state index in [2.05, 4.69) is 5.32 Å². The van der Waals surface area contributed by atoms with Gasteiger partial charge in [-0.1, -0.05) is 37.6 Å². The molecule has 0 aliphatic rings.